The standard InChI is InChI=1S/C17H24N2O2/c1-13(2-3-14-4-7-16(20)8-5-14)18-10-11-19-15(12-18)6-9-17(19)21/h4-5,7-8,13,15,20H,2-3,6,9-12H2,1H3. The van der Waals surface area contributed by atoms with E-state index in [1.54, 1.807) is 12.1 Å². The molecule has 4 nitrogen and oxygen atoms in total. The zero-order chi connectivity index (χ0) is 14.8. The highest BCUT2D eigenvalue weighted by Gasteiger charge is 2.36. The largest absolute Gasteiger partial charge is 0.508 e. The van der Waals surface area contributed by atoms with Crippen molar-refractivity contribution in [2.75, 3.05) is 19.6 Å². The lowest BCUT2D eigenvalue weighted by Gasteiger charge is -2.40. The van der Waals surface area contributed by atoms with E-state index in [1.807, 2.05) is 12.1 Å². The van der Waals surface area contributed by atoms with E-state index in [9.17, 15) is 9.90 Å². The van der Waals surface area contributed by atoms with Crippen molar-refractivity contribution < 1.29 is 9.90 Å². The zero-order valence-electron chi connectivity index (χ0n) is 12.7. The molecule has 2 saturated heterocycles. The smallest absolute Gasteiger partial charge is 0.222 e. The molecule has 21 heavy (non-hydrogen) atoms. The number of nitrogens with zero attached hydrogens (tertiary/aromatic N) is 2. The normalized spacial score (nSPS) is 24.1. The molecular formula is C17H24N2O2. The van der Waals surface area contributed by atoms with E-state index in [2.05, 4.69) is 16.7 Å². The number of piperazine rings is 1. The second kappa shape index (κ2) is 6.06. The van der Waals surface area contributed by atoms with Crippen LogP contribution >= 0.6 is 0 Å². The molecule has 0 spiro atoms. The van der Waals surface area contributed by atoms with Crippen molar-refractivity contribution in [1.29, 1.82) is 0 Å². The predicted octanol–water partition coefficient (Wildman–Crippen LogP) is 2.02. The molecule has 0 aliphatic carbocycles. The van der Waals surface area contributed by atoms with Gasteiger partial charge in [0.15, 0.2) is 0 Å². The second-order valence-corrected chi connectivity index (χ2v) is 6.33. The average Bonchev–Trinajstić information content (AvgIpc) is 2.87. The molecule has 2 fully saturated rings. The number of phenols is 1. The maximum Gasteiger partial charge on any atom is 0.222 e. The Morgan fingerprint density at radius 2 is 2.05 bits per heavy atom. The summed E-state index contributed by atoms with van der Waals surface area (Å²) in [5.74, 6) is 0.671. The first-order valence-electron chi connectivity index (χ1n) is 7.95. The van der Waals surface area contributed by atoms with E-state index < -0.39 is 0 Å². The van der Waals surface area contributed by atoms with E-state index in [1.165, 1.54) is 5.56 Å². The maximum atomic E-state index is 11.7. The van der Waals surface area contributed by atoms with E-state index in [0.29, 0.717) is 23.7 Å². The quantitative estimate of drug-likeness (QED) is 0.922. The fraction of sp³-hybridized carbons (Fsp3) is 0.588. The third-order valence-electron chi connectivity index (χ3n) is 4.94. The maximum absolute atomic E-state index is 11.7. The van der Waals surface area contributed by atoms with Crippen molar-refractivity contribution in [3.63, 3.8) is 0 Å². The molecular weight excluding hydrogens is 264 g/mol. The van der Waals surface area contributed by atoms with Crippen LogP contribution in [-0.2, 0) is 11.2 Å². The number of aromatic hydroxyl groups is 1. The van der Waals surface area contributed by atoms with Gasteiger partial charge in [-0.15, -0.1) is 0 Å². The van der Waals surface area contributed by atoms with Crippen molar-refractivity contribution in [3.05, 3.63) is 29.8 Å². The van der Waals surface area contributed by atoms with Crippen LogP contribution in [0.15, 0.2) is 24.3 Å². The number of hydrogen-bond acceptors (Lipinski definition) is 3. The number of benzene rings is 1. The summed E-state index contributed by atoms with van der Waals surface area (Å²) in [5.41, 5.74) is 1.27. The average molecular weight is 288 g/mol. The minimum atomic E-state index is 0.328. The van der Waals surface area contributed by atoms with Crippen LogP contribution in [-0.4, -0.2) is 52.5 Å². The van der Waals surface area contributed by atoms with Gasteiger partial charge in [-0.3, -0.25) is 9.69 Å². The molecule has 3 rings (SSSR count). The van der Waals surface area contributed by atoms with Crippen LogP contribution in [0.1, 0.15) is 31.7 Å². The Hall–Kier alpha value is -1.55. The monoisotopic (exact) mass is 288 g/mol. The number of carbonyl (C=O) groups excluding carboxylic acids is 1. The molecule has 2 atom stereocenters. The molecule has 2 aliphatic heterocycles. The summed E-state index contributed by atoms with van der Waals surface area (Å²) >= 11 is 0. The van der Waals surface area contributed by atoms with Crippen molar-refractivity contribution in [2.24, 2.45) is 0 Å². The summed E-state index contributed by atoms with van der Waals surface area (Å²) in [7, 11) is 0. The molecule has 1 aromatic rings. The molecule has 1 aromatic carbocycles. The number of rotatable bonds is 4. The molecule has 4 heteroatoms. The molecule has 2 unspecified atom stereocenters. The third kappa shape index (κ3) is 3.21. The molecule has 1 amide bonds. The van der Waals surface area contributed by atoms with Crippen molar-refractivity contribution in [3.8, 4) is 5.75 Å². The highest BCUT2D eigenvalue weighted by molar-refractivity contribution is 5.78. The number of fused-ring (bicyclic) bond motifs is 1. The molecule has 2 aliphatic rings. The Kier molecular flexibility index (Phi) is 4.15. The SMILES string of the molecule is CC(CCc1ccc(O)cc1)N1CCN2C(=O)CCC2C1. The second-order valence-electron chi connectivity index (χ2n) is 6.33. The van der Waals surface area contributed by atoms with Gasteiger partial charge in [-0.05, 0) is 43.9 Å². The van der Waals surface area contributed by atoms with Gasteiger partial charge < -0.3 is 10.0 Å². The Labute approximate surface area is 126 Å². The summed E-state index contributed by atoms with van der Waals surface area (Å²) < 4.78 is 0. The first-order valence-corrected chi connectivity index (χ1v) is 7.95. The minimum Gasteiger partial charge on any atom is -0.508 e. The van der Waals surface area contributed by atoms with Gasteiger partial charge in [0.1, 0.15) is 5.75 Å². The highest BCUT2D eigenvalue weighted by atomic mass is 16.3. The van der Waals surface area contributed by atoms with Gasteiger partial charge in [-0.2, -0.15) is 0 Å². The lowest BCUT2D eigenvalue weighted by atomic mass is 10.0. The van der Waals surface area contributed by atoms with Crippen LogP contribution < -0.4 is 0 Å². The van der Waals surface area contributed by atoms with Crippen molar-refractivity contribution in [1.82, 2.24) is 9.80 Å². The lowest BCUT2D eigenvalue weighted by molar-refractivity contribution is -0.131. The van der Waals surface area contributed by atoms with Crippen LogP contribution in [0.25, 0.3) is 0 Å². The van der Waals surface area contributed by atoms with E-state index in [-0.39, 0.29) is 0 Å². The first kappa shape index (κ1) is 14.4. The number of phenolic OH excluding ortho intramolecular Hbond substituents is 1. The molecule has 114 valence electrons. The predicted molar refractivity (Wildman–Crippen MR) is 82.2 cm³/mol. The van der Waals surface area contributed by atoms with Crippen LogP contribution in [0.2, 0.25) is 0 Å². The Morgan fingerprint density at radius 3 is 2.81 bits per heavy atom. The third-order valence-corrected chi connectivity index (χ3v) is 4.94. The Morgan fingerprint density at radius 1 is 1.29 bits per heavy atom. The van der Waals surface area contributed by atoms with E-state index in [4.69, 9.17) is 0 Å². The van der Waals surface area contributed by atoms with E-state index in [0.717, 1.165) is 45.3 Å². The van der Waals surface area contributed by atoms with Gasteiger partial charge in [0.2, 0.25) is 5.91 Å². The van der Waals surface area contributed by atoms with Crippen LogP contribution in [0.4, 0.5) is 0 Å². The highest BCUT2D eigenvalue weighted by Crippen LogP contribution is 2.24. The van der Waals surface area contributed by atoms with Gasteiger partial charge in [0, 0.05) is 38.1 Å². The first-order chi connectivity index (χ1) is 10.1. The number of hydrogen-bond donors (Lipinski definition) is 1. The molecule has 1 N–H and O–H groups in total. The van der Waals surface area contributed by atoms with Gasteiger partial charge in [0.25, 0.3) is 0 Å². The zero-order valence-corrected chi connectivity index (χ0v) is 12.7. The fourth-order valence-electron chi connectivity index (χ4n) is 3.51. The van der Waals surface area contributed by atoms with Gasteiger partial charge in [0.05, 0.1) is 0 Å². The summed E-state index contributed by atoms with van der Waals surface area (Å²) in [4.78, 5) is 16.3. The van der Waals surface area contributed by atoms with Crippen LogP contribution in [0.5, 0.6) is 5.75 Å². The summed E-state index contributed by atoms with van der Waals surface area (Å²) in [6.07, 6.45) is 3.91. The van der Waals surface area contributed by atoms with Crippen LogP contribution in [0, 0.1) is 0 Å². The molecule has 0 bridgehead atoms. The Bertz CT molecular complexity index is 500. The van der Waals surface area contributed by atoms with Gasteiger partial charge in [-0.1, -0.05) is 12.1 Å². The van der Waals surface area contributed by atoms with E-state index >= 15 is 0 Å². The summed E-state index contributed by atoms with van der Waals surface area (Å²) in [6.45, 7) is 5.21. The summed E-state index contributed by atoms with van der Waals surface area (Å²) in [6, 6.07) is 8.48. The van der Waals surface area contributed by atoms with Crippen molar-refractivity contribution in [2.45, 2.75) is 44.7 Å². The van der Waals surface area contributed by atoms with Crippen molar-refractivity contribution >= 4 is 5.91 Å². The molecule has 2 heterocycles. The number of aryl methyl sites for hydroxylation is 1. The number of amides is 1. The lowest BCUT2D eigenvalue weighted by Crippen LogP contribution is -2.53. The fourth-order valence-corrected chi connectivity index (χ4v) is 3.51. The summed E-state index contributed by atoms with van der Waals surface area (Å²) in [5, 5.41) is 9.31. The topological polar surface area (TPSA) is 43.8 Å². The minimum absolute atomic E-state index is 0.328. The number of carbonyl (C=O) groups is 1. The molecule has 0 saturated carbocycles. The Balaban J connectivity index is 1.50. The van der Waals surface area contributed by atoms with Crippen LogP contribution in [0.3, 0.4) is 0 Å². The van der Waals surface area contributed by atoms with Gasteiger partial charge >= 0.3 is 0 Å². The molecule has 0 radical (unpaired) electrons. The van der Waals surface area contributed by atoms with Gasteiger partial charge in [-0.25, -0.2) is 0 Å². The molecule has 0 aromatic heterocycles.